The zero-order valence-corrected chi connectivity index (χ0v) is 10.9. The number of hydrogen-bond donors (Lipinski definition) is 2. The van der Waals surface area contributed by atoms with Crippen molar-refractivity contribution in [3.05, 3.63) is 48.0 Å². The summed E-state index contributed by atoms with van der Waals surface area (Å²) in [6, 6.07) is 14.1. The Morgan fingerprint density at radius 2 is 1.61 bits per heavy atom. The maximum absolute atomic E-state index is 5.14. The van der Waals surface area contributed by atoms with Crippen LogP contribution >= 0.6 is 0 Å². The predicted octanol–water partition coefficient (Wildman–Crippen LogP) is 3.79. The van der Waals surface area contributed by atoms with Gasteiger partial charge in [0.2, 0.25) is 0 Å². The van der Waals surface area contributed by atoms with E-state index in [2.05, 4.69) is 29.7 Å². The minimum absolute atomic E-state index is 0.862. The molecule has 0 saturated heterocycles. The second-order valence-corrected chi connectivity index (χ2v) is 4.08. The highest BCUT2D eigenvalue weighted by Gasteiger charge is 2.02. The highest BCUT2D eigenvalue weighted by Crippen LogP contribution is 2.26. The normalized spacial score (nSPS) is 9.94. The van der Waals surface area contributed by atoms with Gasteiger partial charge in [-0.25, -0.2) is 0 Å². The van der Waals surface area contributed by atoms with Gasteiger partial charge in [-0.3, -0.25) is 0 Å². The highest BCUT2D eigenvalue weighted by molar-refractivity contribution is 5.70. The first kappa shape index (κ1) is 12.3. The molecule has 18 heavy (non-hydrogen) atoms. The molecule has 0 amide bonds. The van der Waals surface area contributed by atoms with E-state index in [4.69, 9.17) is 4.74 Å². The van der Waals surface area contributed by atoms with Gasteiger partial charge in [0, 0.05) is 24.1 Å². The molecule has 0 heterocycles. The van der Waals surface area contributed by atoms with Crippen LogP contribution in [0, 0.1) is 6.92 Å². The van der Waals surface area contributed by atoms with Crippen LogP contribution in [0.1, 0.15) is 5.56 Å². The Morgan fingerprint density at radius 1 is 0.944 bits per heavy atom. The Hall–Kier alpha value is -2.16. The summed E-state index contributed by atoms with van der Waals surface area (Å²) in [6.45, 7) is 2.09. The quantitative estimate of drug-likeness (QED) is 0.855. The maximum atomic E-state index is 5.14. The van der Waals surface area contributed by atoms with Gasteiger partial charge in [-0.1, -0.05) is 6.07 Å². The molecule has 3 heteroatoms. The fraction of sp³-hybridized carbons (Fsp3) is 0.200. The van der Waals surface area contributed by atoms with E-state index in [0.717, 1.165) is 22.8 Å². The third-order valence-corrected chi connectivity index (χ3v) is 2.97. The van der Waals surface area contributed by atoms with Crippen LogP contribution in [0.25, 0.3) is 0 Å². The topological polar surface area (TPSA) is 33.3 Å². The fourth-order valence-corrected chi connectivity index (χ4v) is 1.87. The van der Waals surface area contributed by atoms with Crippen LogP contribution in [-0.2, 0) is 0 Å². The lowest BCUT2D eigenvalue weighted by Gasteiger charge is -2.13. The van der Waals surface area contributed by atoms with Crippen LogP contribution in [0.4, 0.5) is 17.1 Å². The molecule has 0 radical (unpaired) electrons. The Morgan fingerprint density at radius 3 is 2.22 bits per heavy atom. The van der Waals surface area contributed by atoms with Crippen LogP contribution in [0.5, 0.6) is 5.75 Å². The van der Waals surface area contributed by atoms with Crippen molar-refractivity contribution in [2.24, 2.45) is 0 Å². The lowest BCUT2D eigenvalue weighted by atomic mass is 10.1. The molecular weight excluding hydrogens is 224 g/mol. The van der Waals surface area contributed by atoms with Crippen LogP contribution in [-0.4, -0.2) is 14.2 Å². The van der Waals surface area contributed by atoms with Crippen molar-refractivity contribution in [2.75, 3.05) is 24.8 Å². The van der Waals surface area contributed by atoms with Gasteiger partial charge in [0.25, 0.3) is 0 Å². The molecular formula is C15H18N2O. The second kappa shape index (κ2) is 5.45. The number of nitrogens with one attached hydrogen (secondary N) is 2. The lowest BCUT2D eigenvalue weighted by molar-refractivity contribution is 0.415. The van der Waals surface area contributed by atoms with E-state index in [-0.39, 0.29) is 0 Å². The Kier molecular flexibility index (Phi) is 3.72. The molecule has 0 spiro atoms. The molecule has 0 aliphatic carbocycles. The highest BCUT2D eigenvalue weighted by atomic mass is 16.5. The van der Waals surface area contributed by atoms with Gasteiger partial charge in [-0.05, 0) is 48.9 Å². The summed E-state index contributed by atoms with van der Waals surface area (Å²) in [7, 11) is 3.60. The van der Waals surface area contributed by atoms with Crippen molar-refractivity contribution in [1.29, 1.82) is 0 Å². The van der Waals surface area contributed by atoms with E-state index in [1.54, 1.807) is 7.11 Å². The fourth-order valence-electron chi connectivity index (χ4n) is 1.87. The van der Waals surface area contributed by atoms with E-state index in [0.29, 0.717) is 0 Å². The van der Waals surface area contributed by atoms with Crippen molar-refractivity contribution in [1.82, 2.24) is 0 Å². The first-order valence-corrected chi connectivity index (χ1v) is 5.93. The van der Waals surface area contributed by atoms with Crippen LogP contribution in [0.2, 0.25) is 0 Å². The number of hydrogen-bond acceptors (Lipinski definition) is 3. The molecule has 0 fully saturated rings. The van der Waals surface area contributed by atoms with Crippen molar-refractivity contribution < 1.29 is 4.74 Å². The SMILES string of the molecule is CNc1cccc(Nc2ccc(OC)cc2)c1C. The van der Waals surface area contributed by atoms with Gasteiger partial charge >= 0.3 is 0 Å². The number of benzene rings is 2. The number of methoxy groups -OCH3 is 1. The van der Waals surface area contributed by atoms with E-state index >= 15 is 0 Å². The second-order valence-electron chi connectivity index (χ2n) is 4.08. The van der Waals surface area contributed by atoms with Crippen LogP contribution in [0.3, 0.4) is 0 Å². The summed E-state index contributed by atoms with van der Waals surface area (Å²) in [5.74, 6) is 0.862. The molecule has 2 aromatic carbocycles. The molecule has 0 atom stereocenters. The minimum atomic E-state index is 0.862. The molecule has 0 aromatic heterocycles. The lowest BCUT2D eigenvalue weighted by Crippen LogP contribution is -1.97. The minimum Gasteiger partial charge on any atom is -0.497 e. The molecule has 94 valence electrons. The largest absolute Gasteiger partial charge is 0.497 e. The average molecular weight is 242 g/mol. The standard InChI is InChI=1S/C15H18N2O/c1-11-14(16-2)5-4-6-15(11)17-12-7-9-13(18-3)10-8-12/h4-10,16-17H,1-3H3. The van der Waals surface area contributed by atoms with Gasteiger partial charge in [-0.15, -0.1) is 0 Å². The first-order valence-electron chi connectivity index (χ1n) is 5.93. The van der Waals surface area contributed by atoms with Crippen molar-refractivity contribution in [2.45, 2.75) is 6.92 Å². The summed E-state index contributed by atoms with van der Waals surface area (Å²) in [6.07, 6.45) is 0. The molecule has 0 aliphatic heterocycles. The zero-order chi connectivity index (χ0) is 13.0. The van der Waals surface area contributed by atoms with Crippen molar-refractivity contribution in [3.63, 3.8) is 0 Å². The van der Waals surface area contributed by atoms with Crippen LogP contribution < -0.4 is 15.4 Å². The molecule has 2 rings (SSSR count). The molecule has 2 N–H and O–H groups in total. The smallest absolute Gasteiger partial charge is 0.119 e. The predicted molar refractivity (Wildman–Crippen MR) is 77.0 cm³/mol. The first-order chi connectivity index (χ1) is 8.74. The Bertz CT molecular complexity index is 521. The number of rotatable bonds is 4. The van der Waals surface area contributed by atoms with Gasteiger partial charge in [0.05, 0.1) is 7.11 Å². The maximum Gasteiger partial charge on any atom is 0.119 e. The summed E-state index contributed by atoms with van der Waals surface area (Å²) in [4.78, 5) is 0. The summed E-state index contributed by atoms with van der Waals surface area (Å²) in [5, 5.41) is 6.58. The van der Waals surface area contributed by atoms with Gasteiger partial charge in [-0.2, -0.15) is 0 Å². The van der Waals surface area contributed by atoms with Crippen molar-refractivity contribution >= 4 is 17.1 Å². The summed E-state index contributed by atoms with van der Waals surface area (Å²) in [5.41, 5.74) is 4.49. The molecule has 0 unspecified atom stereocenters. The number of anilines is 3. The van der Waals surface area contributed by atoms with E-state index in [1.807, 2.05) is 37.4 Å². The van der Waals surface area contributed by atoms with Crippen LogP contribution in [0.15, 0.2) is 42.5 Å². The Balaban J connectivity index is 2.22. The molecule has 0 aliphatic rings. The van der Waals surface area contributed by atoms with Gasteiger partial charge in [0.15, 0.2) is 0 Å². The average Bonchev–Trinajstić information content (AvgIpc) is 2.42. The summed E-state index contributed by atoms with van der Waals surface area (Å²) >= 11 is 0. The van der Waals surface area contributed by atoms with E-state index < -0.39 is 0 Å². The Labute approximate surface area is 108 Å². The third-order valence-electron chi connectivity index (χ3n) is 2.97. The zero-order valence-electron chi connectivity index (χ0n) is 10.9. The summed E-state index contributed by atoms with van der Waals surface area (Å²) < 4.78 is 5.14. The van der Waals surface area contributed by atoms with Gasteiger partial charge < -0.3 is 15.4 Å². The molecule has 3 nitrogen and oxygen atoms in total. The third kappa shape index (κ3) is 2.56. The van der Waals surface area contributed by atoms with E-state index in [1.165, 1.54) is 5.56 Å². The van der Waals surface area contributed by atoms with Gasteiger partial charge in [0.1, 0.15) is 5.75 Å². The molecule has 0 bridgehead atoms. The molecule has 2 aromatic rings. The van der Waals surface area contributed by atoms with Crippen molar-refractivity contribution in [3.8, 4) is 5.75 Å². The van der Waals surface area contributed by atoms with E-state index in [9.17, 15) is 0 Å². The number of ether oxygens (including phenoxy) is 1. The molecule has 0 saturated carbocycles. The monoisotopic (exact) mass is 242 g/mol.